The second kappa shape index (κ2) is 8.37. The molecule has 0 aromatic heterocycles. The number of hydrogen-bond acceptors (Lipinski definition) is 4. The summed E-state index contributed by atoms with van der Waals surface area (Å²) in [6.07, 6.45) is 1.30. The van der Waals surface area contributed by atoms with Gasteiger partial charge >= 0.3 is 6.18 Å². The standard InChI is InChI=1S/C24H22F3N2O2/c1-31-18-10-6-15(7-11-18)12-22-19-4-2-3-5-20(19)23(29(22)30)16-8-9-17(14-28)21(13-16)24(25,26)27/h2-3,6-11,13,19-20,22-23H,4-5,12H2,1H3/q-1. The first kappa shape index (κ1) is 21.4. The summed E-state index contributed by atoms with van der Waals surface area (Å²) in [4.78, 5) is 0. The fourth-order valence-corrected chi connectivity index (χ4v) is 4.96. The minimum atomic E-state index is -4.65. The molecule has 0 spiro atoms. The maximum atomic E-state index is 13.5. The maximum absolute atomic E-state index is 13.5. The Morgan fingerprint density at radius 1 is 1.10 bits per heavy atom. The number of nitriles is 1. The van der Waals surface area contributed by atoms with Gasteiger partial charge in [0.25, 0.3) is 0 Å². The lowest BCUT2D eigenvalue weighted by atomic mass is 9.76. The molecule has 0 N–H and O–H groups in total. The minimum Gasteiger partial charge on any atom is -0.784 e. The highest BCUT2D eigenvalue weighted by Crippen LogP contribution is 2.50. The van der Waals surface area contributed by atoms with Crippen LogP contribution in [-0.2, 0) is 12.6 Å². The van der Waals surface area contributed by atoms with Crippen molar-refractivity contribution in [2.75, 3.05) is 7.11 Å². The van der Waals surface area contributed by atoms with E-state index in [9.17, 15) is 18.4 Å². The van der Waals surface area contributed by atoms with Gasteiger partial charge in [-0.1, -0.05) is 30.4 Å². The normalized spacial score (nSPS) is 25.8. The van der Waals surface area contributed by atoms with Gasteiger partial charge in [-0.25, -0.2) is 0 Å². The molecule has 1 heterocycles. The van der Waals surface area contributed by atoms with Gasteiger partial charge in [0.05, 0.1) is 24.3 Å². The zero-order chi connectivity index (χ0) is 22.2. The van der Waals surface area contributed by atoms with E-state index in [0.717, 1.165) is 28.9 Å². The SMILES string of the molecule is COc1ccc(CC2C3CC=CCC3C(c3ccc(C#N)c(C(F)(F)F)c3)N2[O-])cc1. The molecule has 0 radical (unpaired) electrons. The van der Waals surface area contributed by atoms with Crippen LogP contribution in [0.3, 0.4) is 0 Å². The molecule has 4 atom stereocenters. The predicted molar refractivity (Wildman–Crippen MR) is 110 cm³/mol. The fourth-order valence-electron chi connectivity index (χ4n) is 4.96. The van der Waals surface area contributed by atoms with Crippen molar-refractivity contribution < 1.29 is 17.9 Å². The summed E-state index contributed by atoms with van der Waals surface area (Å²) in [6, 6.07) is 11.8. The first-order valence-corrected chi connectivity index (χ1v) is 10.2. The Balaban J connectivity index is 1.68. The summed E-state index contributed by atoms with van der Waals surface area (Å²) >= 11 is 0. The van der Waals surface area contributed by atoms with Crippen LogP contribution < -0.4 is 4.74 Å². The quantitative estimate of drug-likeness (QED) is 0.593. The molecule has 162 valence electrons. The van der Waals surface area contributed by atoms with Crippen LogP contribution in [-0.4, -0.2) is 18.2 Å². The van der Waals surface area contributed by atoms with Crippen molar-refractivity contribution >= 4 is 0 Å². The van der Waals surface area contributed by atoms with Gasteiger partial charge in [0.15, 0.2) is 0 Å². The first-order valence-electron chi connectivity index (χ1n) is 10.2. The van der Waals surface area contributed by atoms with Crippen molar-refractivity contribution in [3.63, 3.8) is 0 Å². The van der Waals surface area contributed by atoms with Crippen molar-refractivity contribution in [2.24, 2.45) is 11.8 Å². The van der Waals surface area contributed by atoms with Crippen LogP contribution in [0.15, 0.2) is 54.6 Å². The van der Waals surface area contributed by atoms with E-state index >= 15 is 0 Å². The summed E-state index contributed by atoms with van der Waals surface area (Å²) in [7, 11) is 1.59. The molecule has 0 amide bonds. The van der Waals surface area contributed by atoms with E-state index < -0.39 is 23.3 Å². The van der Waals surface area contributed by atoms with Crippen molar-refractivity contribution in [3.05, 3.63) is 82.1 Å². The first-order chi connectivity index (χ1) is 14.8. The highest BCUT2D eigenvalue weighted by Gasteiger charge is 2.45. The van der Waals surface area contributed by atoms with Gasteiger partial charge in [-0.3, -0.25) is 0 Å². The third kappa shape index (κ3) is 4.06. The molecule has 4 unspecified atom stereocenters. The van der Waals surface area contributed by atoms with E-state index in [4.69, 9.17) is 10.00 Å². The molecule has 2 aliphatic rings. The molecule has 1 aliphatic heterocycles. The number of ether oxygens (including phenoxy) is 1. The number of alkyl halides is 3. The molecule has 2 aromatic rings. The number of halogens is 3. The maximum Gasteiger partial charge on any atom is 0.417 e. The van der Waals surface area contributed by atoms with Crippen LogP contribution in [0.25, 0.3) is 0 Å². The molecule has 4 rings (SSSR count). The zero-order valence-electron chi connectivity index (χ0n) is 17.0. The number of nitrogens with zero attached hydrogens (tertiary/aromatic N) is 2. The Morgan fingerprint density at radius 2 is 1.77 bits per heavy atom. The summed E-state index contributed by atoms with van der Waals surface area (Å²) < 4.78 is 45.7. The second-order valence-electron chi connectivity index (χ2n) is 8.11. The smallest absolute Gasteiger partial charge is 0.417 e. The van der Waals surface area contributed by atoms with E-state index in [1.807, 2.05) is 30.3 Å². The number of allylic oxidation sites excluding steroid dienone is 2. The zero-order valence-corrected chi connectivity index (χ0v) is 17.0. The van der Waals surface area contributed by atoms with Crippen LogP contribution in [0.5, 0.6) is 5.75 Å². The Kier molecular flexibility index (Phi) is 5.78. The van der Waals surface area contributed by atoms with E-state index in [1.165, 1.54) is 12.1 Å². The number of hydroxylamine groups is 2. The third-order valence-corrected chi connectivity index (χ3v) is 6.45. The molecule has 4 nitrogen and oxygen atoms in total. The second-order valence-corrected chi connectivity index (χ2v) is 8.11. The van der Waals surface area contributed by atoms with Gasteiger partial charge in [0.2, 0.25) is 0 Å². The molecule has 1 aliphatic carbocycles. The van der Waals surface area contributed by atoms with Crippen molar-refractivity contribution in [1.29, 1.82) is 5.26 Å². The highest BCUT2D eigenvalue weighted by atomic mass is 19.4. The fraction of sp³-hybridized carbons (Fsp3) is 0.375. The summed E-state index contributed by atoms with van der Waals surface area (Å²) in [6.45, 7) is 0. The summed E-state index contributed by atoms with van der Waals surface area (Å²) in [5.41, 5.74) is -0.107. The summed E-state index contributed by atoms with van der Waals surface area (Å²) in [5, 5.41) is 23.5. The number of benzene rings is 2. The Morgan fingerprint density at radius 3 is 2.39 bits per heavy atom. The van der Waals surface area contributed by atoms with E-state index in [1.54, 1.807) is 13.2 Å². The van der Waals surface area contributed by atoms with Gasteiger partial charge in [0, 0.05) is 12.1 Å². The molecular formula is C24H22F3N2O2-. The predicted octanol–water partition coefficient (Wildman–Crippen LogP) is 5.63. The number of hydrogen-bond donors (Lipinski definition) is 0. The molecule has 31 heavy (non-hydrogen) atoms. The van der Waals surface area contributed by atoms with Gasteiger partial charge in [-0.15, -0.1) is 0 Å². The largest absolute Gasteiger partial charge is 0.784 e. The molecular weight excluding hydrogens is 405 g/mol. The lowest BCUT2D eigenvalue weighted by Crippen LogP contribution is -2.31. The molecule has 1 saturated heterocycles. The van der Waals surface area contributed by atoms with Crippen LogP contribution in [0, 0.1) is 28.4 Å². The number of methoxy groups -OCH3 is 1. The van der Waals surface area contributed by atoms with Crippen molar-refractivity contribution in [2.45, 2.75) is 37.5 Å². The Bertz CT molecular complexity index is 1010. The molecule has 0 saturated carbocycles. The summed E-state index contributed by atoms with van der Waals surface area (Å²) in [5.74, 6) is 0.710. The minimum absolute atomic E-state index is 0.0552. The average molecular weight is 427 g/mol. The Hall–Kier alpha value is -2.82. The van der Waals surface area contributed by atoms with Gasteiger partial charge in [-0.05, 0) is 66.5 Å². The topological polar surface area (TPSA) is 59.3 Å². The molecule has 1 fully saturated rings. The van der Waals surface area contributed by atoms with Crippen LogP contribution in [0.2, 0.25) is 0 Å². The lowest BCUT2D eigenvalue weighted by molar-refractivity contribution is -0.137. The Labute approximate surface area is 179 Å². The van der Waals surface area contributed by atoms with Crippen LogP contribution in [0.4, 0.5) is 13.2 Å². The molecule has 0 bridgehead atoms. The molecule has 2 aromatic carbocycles. The number of rotatable bonds is 4. The molecule has 7 heteroatoms. The average Bonchev–Trinajstić information content (AvgIpc) is 3.04. The van der Waals surface area contributed by atoms with E-state index in [2.05, 4.69) is 6.08 Å². The van der Waals surface area contributed by atoms with Crippen molar-refractivity contribution in [1.82, 2.24) is 5.06 Å². The third-order valence-electron chi connectivity index (χ3n) is 6.45. The van der Waals surface area contributed by atoms with Gasteiger partial charge in [0.1, 0.15) is 5.75 Å². The number of fused-ring (bicyclic) bond motifs is 1. The van der Waals surface area contributed by atoms with Gasteiger partial charge in [-0.2, -0.15) is 18.4 Å². The van der Waals surface area contributed by atoms with E-state index in [0.29, 0.717) is 18.4 Å². The lowest BCUT2D eigenvalue weighted by Gasteiger charge is -2.38. The van der Waals surface area contributed by atoms with Crippen LogP contribution >= 0.6 is 0 Å². The van der Waals surface area contributed by atoms with Gasteiger partial charge < -0.3 is 15.0 Å². The van der Waals surface area contributed by atoms with E-state index in [-0.39, 0.29) is 17.9 Å². The monoisotopic (exact) mass is 427 g/mol. The highest BCUT2D eigenvalue weighted by molar-refractivity contribution is 5.43. The van der Waals surface area contributed by atoms with Crippen LogP contribution in [0.1, 0.15) is 41.1 Å². The van der Waals surface area contributed by atoms with Crippen molar-refractivity contribution in [3.8, 4) is 11.8 Å².